The van der Waals surface area contributed by atoms with Gasteiger partial charge < -0.3 is 10.2 Å². The average Bonchev–Trinajstić information content (AvgIpc) is 3.04. The molecule has 1 amide bonds. The van der Waals surface area contributed by atoms with Gasteiger partial charge in [0.05, 0.1) is 10.9 Å². The molecule has 27 heavy (non-hydrogen) atoms. The lowest BCUT2D eigenvalue weighted by atomic mass is 9.90. The molecular formula is C18H17BrN2O4S2. The second-order valence-electron chi connectivity index (χ2n) is 6.73. The van der Waals surface area contributed by atoms with Crippen molar-refractivity contribution in [2.45, 2.75) is 26.8 Å². The minimum absolute atomic E-state index is 0.0585. The summed E-state index contributed by atoms with van der Waals surface area (Å²) in [6.07, 6.45) is 0. The third-order valence-electron chi connectivity index (χ3n) is 4.79. The van der Waals surface area contributed by atoms with Crippen LogP contribution in [-0.4, -0.2) is 26.7 Å². The molecule has 0 spiro atoms. The van der Waals surface area contributed by atoms with Gasteiger partial charge in [-0.3, -0.25) is 9.36 Å². The van der Waals surface area contributed by atoms with Crippen LogP contribution < -0.4 is 10.6 Å². The van der Waals surface area contributed by atoms with Crippen LogP contribution in [0.2, 0.25) is 0 Å². The zero-order chi connectivity index (χ0) is 20.0. The Morgan fingerprint density at radius 3 is 2.59 bits per heavy atom. The minimum Gasteiger partial charge on any atom is -0.493 e. The van der Waals surface area contributed by atoms with E-state index in [-0.39, 0.29) is 32.1 Å². The molecule has 0 fully saturated rings. The fraction of sp³-hybridized carbons (Fsp3) is 0.333. The Kier molecular flexibility index (Phi) is 5.38. The molecule has 0 bridgehead atoms. The van der Waals surface area contributed by atoms with E-state index in [0.29, 0.717) is 10.6 Å². The summed E-state index contributed by atoms with van der Waals surface area (Å²) in [5.74, 6) is -2.09. The van der Waals surface area contributed by atoms with Crippen LogP contribution in [-0.2, 0) is 9.59 Å². The lowest BCUT2D eigenvalue weighted by molar-refractivity contribution is -0.143. The first kappa shape index (κ1) is 19.9. The Bertz CT molecular complexity index is 1130. The number of aromatic nitrogens is 1. The largest absolute Gasteiger partial charge is 0.493 e. The number of fused-ring (bicyclic) bond motifs is 1. The molecular weight excluding hydrogens is 452 g/mol. The van der Waals surface area contributed by atoms with Crippen LogP contribution in [0.25, 0.3) is 5.57 Å². The van der Waals surface area contributed by atoms with Crippen LogP contribution in [0, 0.1) is 15.8 Å². The first-order chi connectivity index (χ1) is 12.6. The molecule has 9 heteroatoms. The lowest BCUT2D eigenvalue weighted by Gasteiger charge is -2.25. The topological polar surface area (TPSA) is 91.9 Å². The maximum Gasteiger partial charge on any atom is 0.327 e. The summed E-state index contributed by atoms with van der Waals surface area (Å²) in [4.78, 5) is 28.7. The highest BCUT2D eigenvalue weighted by Crippen LogP contribution is 2.38. The van der Waals surface area contributed by atoms with Crippen LogP contribution in [0.15, 0.2) is 27.7 Å². The number of hydrogen-bond donors (Lipinski definition) is 2. The number of halogens is 1. The quantitative estimate of drug-likeness (QED) is 0.657. The number of nitrogens with zero attached hydrogens (tertiary/aromatic N) is 2. The van der Waals surface area contributed by atoms with Crippen molar-refractivity contribution in [2.75, 3.05) is 0 Å². The van der Waals surface area contributed by atoms with Crippen LogP contribution in [0.3, 0.4) is 0 Å². The number of aliphatic carboxylic acids is 1. The van der Waals surface area contributed by atoms with E-state index in [1.165, 1.54) is 4.57 Å². The summed E-state index contributed by atoms with van der Waals surface area (Å²) in [7, 11) is 0. The fourth-order valence-electron chi connectivity index (χ4n) is 3.03. The second kappa shape index (κ2) is 7.29. The third kappa shape index (κ3) is 3.39. The van der Waals surface area contributed by atoms with Gasteiger partial charge >= 0.3 is 5.97 Å². The van der Waals surface area contributed by atoms with E-state index in [0.717, 1.165) is 15.8 Å². The molecule has 1 aliphatic rings. The van der Waals surface area contributed by atoms with Crippen molar-refractivity contribution in [2.24, 2.45) is 16.8 Å². The van der Waals surface area contributed by atoms with Gasteiger partial charge in [0.25, 0.3) is 5.91 Å². The average molecular weight is 469 g/mol. The molecule has 0 saturated heterocycles. The Labute approximate surface area is 172 Å². The SMILES string of the molecule is CC(C)C(C)C(C(=O)O)n1c(O)c(C2=c3cc(Br)ccc3=NC2=O)sc1=S. The predicted octanol–water partition coefficient (Wildman–Crippen LogP) is 3.02. The highest BCUT2D eigenvalue weighted by Gasteiger charge is 2.34. The van der Waals surface area contributed by atoms with Gasteiger partial charge in [0, 0.05) is 9.69 Å². The van der Waals surface area contributed by atoms with E-state index in [4.69, 9.17) is 12.2 Å². The molecule has 142 valence electrons. The Morgan fingerprint density at radius 1 is 1.33 bits per heavy atom. The number of aromatic hydroxyl groups is 1. The molecule has 2 unspecified atom stereocenters. The summed E-state index contributed by atoms with van der Waals surface area (Å²) in [5.41, 5.74) is 0.236. The van der Waals surface area contributed by atoms with Crippen LogP contribution >= 0.6 is 39.5 Å². The molecule has 0 saturated carbocycles. The molecule has 1 aliphatic heterocycles. The number of benzene rings is 1. The minimum atomic E-state index is -1.08. The van der Waals surface area contributed by atoms with Gasteiger partial charge in [-0.05, 0) is 42.3 Å². The van der Waals surface area contributed by atoms with Crippen molar-refractivity contribution in [3.05, 3.63) is 42.1 Å². The molecule has 2 heterocycles. The third-order valence-corrected chi connectivity index (χ3v) is 6.69. The number of carboxylic acid groups (broad SMARTS) is 1. The van der Waals surface area contributed by atoms with Crippen molar-refractivity contribution in [1.82, 2.24) is 4.57 Å². The van der Waals surface area contributed by atoms with Crippen LogP contribution in [0.5, 0.6) is 5.88 Å². The van der Waals surface area contributed by atoms with E-state index >= 15 is 0 Å². The summed E-state index contributed by atoms with van der Waals surface area (Å²) >= 11 is 9.74. The Hall–Kier alpha value is -1.84. The van der Waals surface area contributed by atoms with Crippen molar-refractivity contribution in [1.29, 1.82) is 0 Å². The number of carbonyl (C=O) groups excluding carboxylic acids is 1. The predicted molar refractivity (Wildman–Crippen MR) is 108 cm³/mol. The van der Waals surface area contributed by atoms with Gasteiger partial charge in [0.15, 0.2) is 3.95 Å². The van der Waals surface area contributed by atoms with Crippen molar-refractivity contribution < 1.29 is 19.8 Å². The summed E-state index contributed by atoms with van der Waals surface area (Å²) in [6, 6.07) is 4.20. The first-order valence-corrected chi connectivity index (χ1v) is 10.3. The highest BCUT2D eigenvalue weighted by atomic mass is 79.9. The fourth-order valence-corrected chi connectivity index (χ4v) is 4.80. The molecule has 1 aromatic carbocycles. The van der Waals surface area contributed by atoms with Crippen molar-refractivity contribution in [3.63, 3.8) is 0 Å². The second-order valence-corrected chi connectivity index (χ2v) is 9.29. The molecule has 6 nitrogen and oxygen atoms in total. The van der Waals surface area contributed by atoms with Gasteiger partial charge in [0.1, 0.15) is 10.9 Å². The Morgan fingerprint density at radius 2 is 2.00 bits per heavy atom. The monoisotopic (exact) mass is 468 g/mol. The lowest BCUT2D eigenvalue weighted by Crippen LogP contribution is -2.28. The van der Waals surface area contributed by atoms with Gasteiger partial charge in [-0.25, -0.2) is 9.79 Å². The zero-order valence-corrected chi connectivity index (χ0v) is 18.0. The molecule has 2 atom stereocenters. The van der Waals surface area contributed by atoms with E-state index in [1.54, 1.807) is 25.1 Å². The summed E-state index contributed by atoms with van der Waals surface area (Å²) < 4.78 is 2.20. The standard InChI is InChI=1S/C18H17BrN2O4S2/c1-7(2)8(3)13(17(24)25)21-16(23)14(27-18(21)26)12-10-6-9(19)4-5-11(10)20-15(12)22/h4-8,13,23H,1-3H3,(H,24,25). The number of carboxylic acids is 1. The van der Waals surface area contributed by atoms with E-state index in [2.05, 4.69) is 20.9 Å². The maximum absolute atomic E-state index is 12.5. The number of carbonyl (C=O) groups is 2. The molecule has 0 radical (unpaired) electrons. The summed E-state index contributed by atoms with van der Waals surface area (Å²) in [5, 5.41) is 21.7. The maximum atomic E-state index is 12.5. The van der Waals surface area contributed by atoms with E-state index in [1.807, 2.05) is 13.8 Å². The Balaban J connectivity index is 2.28. The van der Waals surface area contributed by atoms with E-state index in [9.17, 15) is 19.8 Å². The van der Waals surface area contributed by atoms with Crippen molar-refractivity contribution in [3.8, 4) is 5.88 Å². The van der Waals surface area contributed by atoms with Gasteiger partial charge in [-0.1, -0.05) is 36.7 Å². The smallest absolute Gasteiger partial charge is 0.327 e. The van der Waals surface area contributed by atoms with E-state index < -0.39 is 17.9 Å². The number of amides is 1. The molecule has 0 aliphatic carbocycles. The normalized spacial score (nSPS) is 15.6. The number of thiazole rings is 1. The highest BCUT2D eigenvalue weighted by molar-refractivity contribution is 9.10. The van der Waals surface area contributed by atoms with Gasteiger partial charge in [0.2, 0.25) is 5.88 Å². The molecule has 3 rings (SSSR count). The molecule has 1 aromatic heterocycles. The molecule has 2 aromatic rings. The summed E-state index contributed by atoms with van der Waals surface area (Å²) in [6.45, 7) is 5.63. The van der Waals surface area contributed by atoms with Crippen LogP contribution in [0.4, 0.5) is 0 Å². The van der Waals surface area contributed by atoms with Crippen LogP contribution in [0.1, 0.15) is 31.7 Å². The van der Waals surface area contributed by atoms with Crippen molar-refractivity contribution >= 4 is 56.9 Å². The zero-order valence-electron chi connectivity index (χ0n) is 14.8. The van der Waals surface area contributed by atoms with Gasteiger partial charge in [-0.15, -0.1) is 11.3 Å². The first-order valence-electron chi connectivity index (χ1n) is 8.23. The number of hydrogen-bond acceptors (Lipinski definition) is 5. The molecule has 2 N–H and O–H groups in total. The van der Waals surface area contributed by atoms with Gasteiger partial charge in [-0.2, -0.15) is 0 Å². The number of rotatable bonds is 5.